The molecule has 0 unspecified atom stereocenters. The van der Waals surface area contributed by atoms with Crippen molar-refractivity contribution in [1.82, 2.24) is 5.32 Å². The van der Waals surface area contributed by atoms with Crippen molar-refractivity contribution in [3.05, 3.63) is 23.8 Å². The Hall–Kier alpha value is -2.04. The average molecular weight is 271 g/mol. The summed E-state index contributed by atoms with van der Waals surface area (Å²) in [7, 11) is 0. The second-order valence-electron chi connectivity index (χ2n) is 5.82. The van der Waals surface area contributed by atoms with Crippen molar-refractivity contribution >= 4 is 23.2 Å². The topological polar surface area (TPSA) is 61.4 Å². The van der Waals surface area contributed by atoms with E-state index in [0.29, 0.717) is 11.6 Å². The molecule has 0 spiro atoms. The van der Waals surface area contributed by atoms with E-state index in [1.54, 1.807) is 6.07 Å². The predicted molar refractivity (Wildman–Crippen MR) is 75.9 cm³/mol. The maximum atomic E-state index is 12.1. The molecule has 2 fully saturated rings. The van der Waals surface area contributed by atoms with E-state index in [-0.39, 0.29) is 17.9 Å². The molecule has 5 heteroatoms. The van der Waals surface area contributed by atoms with Gasteiger partial charge in [-0.25, -0.2) is 0 Å². The Morgan fingerprint density at radius 1 is 1.30 bits per heavy atom. The number of carbonyl (C=O) groups is 2. The summed E-state index contributed by atoms with van der Waals surface area (Å²) in [5.41, 5.74) is 2.42. The van der Waals surface area contributed by atoms with Gasteiger partial charge in [-0.15, -0.1) is 0 Å². The Kier molecular flexibility index (Phi) is 2.49. The lowest BCUT2D eigenvalue weighted by Gasteiger charge is -2.33. The summed E-state index contributed by atoms with van der Waals surface area (Å²) in [5, 5.41) is 5.90. The highest BCUT2D eigenvalue weighted by Gasteiger charge is 2.36. The Bertz CT molecular complexity index is 595. The van der Waals surface area contributed by atoms with Crippen LogP contribution >= 0.6 is 0 Å². The van der Waals surface area contributed by atoms with Crippen LogP contribution in [-0.4, -0.2) is 30.4 Å². The van der Waals surface area contributed by atoms with Crippen LogP contribution in [0.15, 0.2) is 18.2 Å². The minimum atomic E-state index is -0.0481. The lowest BCUT2D eigenvalue weighted by atomic mass is 10.1. The molecule has 0 bridgehead atoms. The van der Waals surface area contributed by atoms with Crippen molar-refractivity contribution < 1.29 is 9.59 Å². The fraction of sp³-hybridized carbons (Fsp3) is 0.467. The van der Waals surface area contributed by atoms with E-state index < -0.39 is 0 Å². The molecule has 20 heavy (non-hydrogen) atoms. The number of nitrogens with one attached hydrogen (secondary N) is 2. The number of hydrogen-bond donors (Lipinski definition) is 2. The van der Waals surface area contributed by atoms with Crippen LogP contribution in [0.5, 0.6) is 0 Å². The highest BCUT2D eigenvalue weighted by atomic mass is 16.2. The van der Waals surface area contributed by atoms with Crippen molar-refractivity contribution in [2.24, 2.45) is 0 Å². The van der Waals surface area contributed by atoms with Gasteiger partial charge in [0, 0.05) is 18.2 Å². The summed E-state index contributed by atoms with van der Waals surface area (Å²) in [6.45, 7) is 0.915. The van der Waals surface area contributed by atoms with Gasteiger partial charge in [-0.1, -0.05) is 0 Å². The van der Waals surface area contributed by atoms with Crippen LogP contribution in [0, 0.1) is 0 Å². The van der Waals surface area contributed by atoms with Gasteiger partial charge in [0.25, 0.3) is 5.91 Å². The van der Waals surface area contributed by atoms with Gasteiger partial charge in [-0.05, 0) is 43.9 Å². The molecule has 2 aliphatic heterocycles. The Labute approximate surface area is 117 Å². The minimum absolute atomic E-state index is 0.0337. The van der Waals surface area contributed by atoms with E-state index in [9.17, 15) is 9.59 Å². The second-order valence-corrected chi connectivity index (χ2v) is 5.82. The third-order valence-electron chi connectivity index (χ3n) is 4.29. The molecule has 0 radical (unpaired) electrons. The summed E-state index contributed by atoms with van der Waals surface area (Å²) in [6.07, 6.45) is 4.10. The quantitative estimate of drug-likeness (QED) is 0.857. The number of hydrogen-bond acceptors (Lipinski definition) is 3. The minimum Gasteiger partial charge on any atom is -0.358 e. The lowest BCUT2D eigenvalue weighted by Crippen LogP contribution is -2.44. The number of fused-ring (bicyclic) bond motifs is 3. The molecule has 2 amide bonds. The molecule has 1 saturated carbocycles. The molecule has 1 atom stereocenters. The maximum Gasteiger partial charge on any atom is 0.251 e. The highest BCUT2D eigenvalue weighted by Crippen LogP contribution is 2.37. The van der Waals surface area contributed by atoms with Crippen molar-refractivity contribution in [1.29, 1.82) is 0 Å². The van der Waals surface area contributed by atoms with Gasteiger partial charge >= 0.3 is 0 Å². The van der Waals surface area contributed by atoms with Gasteiger partial charge < -0.3 is 15.5 Å². The van der Waals surface area contributed by atoms with Crippen LogP contribution in [0.2, 0.25) is 0 Å². The third-order valence-corrected chi connectivity index (χ3v) is 4.29. The van der Waals surface area contributed by atoms with Gasteiger partial charge in [-0.2, -0.15) is 0 Å². The zero-order valence-electron chi connectivity index (χ0n) is 11.2. The molecule has 3 aliphatic rings. The number of rotatable bonds is 2. The SMILES string of the molecule is O=C(NC1CC1)c1ccc2c(c1)NC(=O)[C@H]1CCCN21. The number of nitrogens with zero attached hydrogens (tertiary/aromatic N) is 1. The Morgan fingerprint density at radius 3 is 2.95 bits per heavy atom. The Morgan fingerprint density at radius 2 is 2.15 bits per heavy atom. The fourth-order valence-corrected chi connectivity index (χ4v) is 3.07. The molecule has 1 aromatic carbocycles. The summed E-state index contributed by atoms with van der Waals surface area (Å²) in [6, 6.07) is 5.90. The van der Waals surface area contributed by atoms with E-state index in [4.69, 9.17) is 0 Å². The summed E-state index contributed by atoms with van der Waals surface area (Å²) in [5.74, 6) is 0.00263. The molecule has 0 aromatic heterocycles. The van der Waals surface area contributed by atoms with Gasteiger partial charge in [0.2, 0.25) is 5.91 Å². The van der Waals surface area contributed by atoms with Gasteiger partial charge in [0.15, 0.2) is 0 Å². The number of carbonyl (C=O) groups excluding carboxylic acids is 2. The van der Waals surface area contributed by atoms with Crippen LogP contribution in [0.25, 0.3) is 0 Å². The largest absolute Gasteiger partial charge is 0.358 e. The maximum absolute atomic E-state index is 12.1. The molecular formula is C15H17N3O2. The molecule has 1 saturated heterocycles. The molecule has 4 rings (SSSR count). The zero-order chi connectivity index (χ0) is 13.7. The van der Waals surface area contributed by atoms with E-state index in [1.165, 1.54) is 0 Å². The van der Waals surface area contributed by atoms with Crippen molar-refractivity contribution in [3.63, 3.8) is 0 Å². The van der Waals surface area contributed by atoms with Gasteiger partial charge in [-0.3, -0.25) is 9.59 Å². The molecular weight excluding hydrogens is 254 g/mol. The first kappa shape index (κ1) is 11.8. The first-order chi connectivity index (χ1) is 9.72. The van der Waals surface area contributed by atoms with Gasteiger partial charge in [0.05, 0.1) is 11.4 Å². The fourth-order valence-electron chi connectivity index (χ4n) is 3.07. The van der Waals surface area contributed by atoms with Gasteiger partial charge in [0.1, 0.15) is 6.04 Å². The lowest BCUT2D eigenvalue weighted by molar-refractivity contribution is -0.117. The molecule has 1 aliphatic carbocycles. The molecule has 1 aromatic rings. The first-order valence-corrected chi connectivity index (χ1v) is 7.25. The summed E-state index contributed by atoms with van der Waals surface area (Å²) < 4.78 is 0. The predicted octanol–water partition coefficient (Wildman–Crippen LogP) is 1.50. The van der Waals surface area contributed by atoms with Crippen LogP contribution in [0.4, 0.5) is 11.4 Å². The van der Waals surface area contributed by atoms with E-state index in [1.807, 2.05) is 12.1 Å². The zero-order valence-corrected chi connectivity index (χ0v) is 11.2. The van der Waals surface area contributed by atoms with E-state index >= 15 is 0 Å². The Balaban J connectivity index is 1.65. The van der Waals surface area contributed by atoms with Crippen LogP contribution < -0.4 is 15.5 Å². The smallest absolute Gasteiger partial charge is 0.251 e. The van der Waals surface area contributed by atoms with Crippen LogP contribution in [0.3, 0.4) is 0 Å². The summed E-state index contributed by atoms with van der Waals surface area (Å²) >= 11 is 0. The van der Waals surface area contributed by atoms with Crippen molar-refractivity contribution in [2.75, 3.05) is 16.8 Å². The number of amides is 2. The standard InChI is InChI=1S/C15H17N3O2/c19-14(16-10-4-5-10)9-3-6-12-11(8-9)17-15(20)13-2-1-7-18(12)13/h3,6,8,10,13H,1-2,4-5,7H2,(H,16,19)(H,17,20)/t13-/m1/s1. The first-order valence-electron chi connectivity index (χ1n) is 7.25. The molecule has 2 N–H and O–H groups in total. The van der Waals surface area contributed by atoms with Crippen LogP contribution in [-0.2, 0) is 4.79 Å². The van der Waals surface area contributed by atoms with E-state index in [0.717, 1.165) is 43.6 Å². The van der Waals surface area contributed by atoms with E-state index in [2.05, 4.69) is 15.5 Å². The number of anilines is 2. The average Bonchev–Trinajstić information content (AvgIpc) is 3.11. The van der Waals surface area contributed by atoms with Crippen molar-refractivity contribution in [2.45, 2.75) is 37.8 Å². The highest BCUT2D eigenvalue weighted by molar-refractivity contribution is 6.06. The molecule has 104 valence electrons. The third kappa shape index (κ3) is 1.85. The monoisotopic (exact) mass is 271 g/mol. The molecule has 5 nitrogen and oxygen atoms in total. The molecule has 2 heterocycles. The second kappa shape index (κ2) is 4.23. The normalized spacial score (nSPS) is 23.9. The number of benzene rings is 1. The van der Waals surface area contributed by atoms with Crippen LogP contribution in [0.1, 0.15) is 36.0 Å². The summed E-state index contributed by atoms with van der Waals surface area (Å²) in [4.78, 5) is 26.3. The van der Waals surface area contributed by atoms with Crippen molar-refractivity contribution in [3.8, 4) is 0 Å².